The van der Waals surface area contributed by atoms with E-state index in [1.807, 2.05) is 0 Å². The Labute approximate surface area is 142 Å². The number of halogens is 5. The summed E-state index contributed by atoms with van der Waals surface area (Å²) in [6, 6.07) is 0.980. The zero-order valence-electron chi connectivity index (χ0n) is 12.6. The highest BCUT2D eigenvalue weighted by molar-refractivity contribution is 6.32. The first kappa shape index (κ1) is 18.7. The standard InChI is InChI=1S/C14H9ClF4N2O4/c1-6(22)25-10-4-9(8(16)3-7(10)15)21-12(23)5-11(14(17,18)19)20-13(21)24-2/h3-5H,1-2H3. The van der Waals surface area contributed by atoms with Gasteiger partial charge in [-0.25, -0.2) is 8.96 Å². The number of carbonyl (C=O) groups is 1. The van der Waals surface area contributed by atoms with E-state index >= 15 is 0 Å². The Morgan fingerprint density at radius 1 is 1.28 bits per heavy atom. The molecule has 11 heteroatoms. The van der Waals surface area contributed by atoms with Crippen molar-refractivity contribution in [1.82, 2.24) is 9.55 Å². The van der Waals surface area contributed by atoms with E-state index in [9.17, 15) is 27.2 Å². The van der Waals surface area contributed by atoms with Gasteiger partial charge < -0.3 is 9.47 Å². The molecule has 0 fully saturated rings. The van der Waals surface area contributed by atoms with Gasteiger partial charge in [-0.05, 0) is 6.07 Å². The topological polar surface area (TPSA) is 70.4 Å². The second-order valence-electron chi connectivity index (χ2n) is 4.63. The molecule has 0 radical (unpaired) electrons. The van der Waals surface area contributed by atoms with Crippen molar-refractivity contribution in [3.63, 3.8) is 0 Å². The monoisotopic (exact) mass is 380 g/mol. The summed E-state index contributed by atoms with van der Waals surface area (Å²) in [6.45, 7) is 1.06. The molecule has 0 spiro atoms. The second-order valence-corrected chi connectivity index (χ2v) is 5.03. The Bertz CT molecular complexity index is 896. The summed E-state index contributed by atoms with van der Waals surface area (Å²) < 4.78 is 62.3. The minimum absolute atomic E-state index is 0.183. The van der Waals surface area contributed by atoms with Crippen molar-refractivity contribution in [2.45, 2.75) is 13.1 Å². The third-order valence-electron chi connectivity index (χ3n) is 2.86. The molecular formula is C14H9ClF4N2O4. The number of hydrogen-bond acceptors (Lipinski definition) is 5. The molecule has 0 N–H and O–H groups in total. The van der Waals surface area contributed by atoms with Crippen LogP contribution in [-0.4, -0.2) is 22.6 Å². The average molecular weight is 381 g/mol. The third-order valence-corrected chi connectivity index (χ3v) is 3.15. The first-order chi connectivity index (χ1) is 11.5. The summed E-state index contributed by atoms with van der Waals surface area (Å²) >= 11 is 5.73. The number of aromatic nitrogens is 2. The lowest BCUT2D eigenvalue weighted by Gasteiger charge is -2.15. The second kappa shape index (κ2) is 6.71. The van der Waals surface area contributed by atoms with E-state index in [1.54, 1.807) is 0 Å². The lowest BCUT2D eigenvalue weighted by molar-refractivity contribution is -0.141. The SMILES string of the molecule is COc1nc(C(F)(F)F)cc(=O)n1-c1cc(OC(C)=O)c(Cl)cc1F. The Hall–Kier alpha value is -2.62. The van der Waals surface area contributed by atoms with Crippen LogP contribution in [0, 0.1) is 5.82 Å². The fourth-order valence-electron chi connectivity index (χ4n) is 1.89. The molecule has 0 unspecified atom stereocenters. The van der Waals surface area contributed by atoms with Crippen LogP contribution in [0.15, 0.2) is 23.0 Å². The summed E-state index contributed by atoms with van der Waals surface area (Å²) in [4.78, 5) is 26.3. The highest BCUT2D eigenvalue weighted by atomic mass is 35.5. The van der Waals surface area contributed by atoms with Gasteiger partial charge in [0.1, 0.15) is 5.82 Å². The summed E-state index contributed by atoms with van der Waals surface area (Å²) in [7, 11) is 0.958. The molecule has 0 amide bonds. The minimum Gasteiger partial charge on any atom is -0.468 e. The van der Waals surface area contributed by atoms with Crippen molar-refractivity contribution in [3.8, 4) is 17.4 Å². The molecule has 0 atom stereocenters. The predicted molar refractivity (Wildman–Crippen MR) is 77.7 cm³/mol. The number of nitrogens with zero attached hydrogens (tertiary/aromatic N) is 2. The largest absolute Gasteiger partial charge is 0.468 e. The van der Waals surface area contributed by atoms with Gasteiger partial charge in [-0.2, -0.15) is 18.2 Å². The molecule has 25 heavy (non-hydrogen) atoms. The third kappa shape index (κ3) is 3.90. The average Bonchev–Trinajstić information content (AvgIpc) is 2.48. The van der Waals surface area contributed by atoms with E-state index in [-0.39, 0.29) is 16.8 Å². The number of carbonyl (C=O) groups excluding carboxylic acids is 1. The number of ether oxygens (including phenoxy) is 2. The van der Waals surface area contributed by atoms with Crippen LogP contribution in [0.4, 0.5) is 17.6 Å². The number of hydrogen-bond donors (Lipinski definition) is 0. The normalized spacial score (nSPS) is 11.3. The molecule has 0 aliphatic rings. The lowest BCUT2D eigenvalue weighted by atomic mass is 10.2. The maximum Gasteiger partial charge on any atom is 0.433 e. The van der Waals surface area contributed by atoms with Crippen LogP contribution in [0.1, 0.15) is 12.6 Å². The van der Waals surface area contributed by atoms with Crippen molar-refractivity contribution < 1.29 is 31.8 Å². The maximum absolute atomic E-state index is 14.2. The van der Waals surface area contributed by atoms with Gasteiger partial charge in [-0.1, -0.05) is 11.6 Å². The zero-order valence-corrected chi connectivity index (χ0v) is 13.4. The van der Waals surface area contributed by atoms with Crippen LogP contribution in [0.2, 0.25) is 5.02 Å². The van der Waals surface area contributed by atoms with Crippen molar-refractivity contribution in [1.29, 1.82) is 0 Å². The summed E-state index contributed by atoms with van der Waals surface area (Å²) in [5.74, 6) is -2.13. The van der Waals surface area contributed by atoms with Crippen LogP contribution < -0.4 is 15.0 Å². The molecule has 0 bridgehead atoms. The van der Waals surface area contributed by atoms with Gasteiger partial charge in [0.25, 0.3) is 5.56 Å². The molecule has 6 nitrogen and oxygen atoms in total. The molecular weight excluding hydrogens is 372 g/mol. The molecule has 134 valence electrons. The quantitative estimate of drug-likeness (QED) is 0.465. The first-order valence-corrected chi connectivity index (χ1v) is 6.85. The van der Waals surface area contributed by atoms with E-state index in [1.165, 1.54) is 0 Å². The molecule has 1 aromatic carbocycles. The molecule has 2 rings (SSSR count). The van der Waals surface area contributed by atoms with Crippen LogP contribution in [0.3, 0.4) is 0 Å². The smallest absolute Gasteiger partial charge is 0.433 e. The molecule has 1 aromatic heterocycles. The minimum atomic E-state index is -4.90. The fraction of sp³-hybridized carbons (Fsp3) is 0.214. The van der Waals surface area contributed by atoms with Crippen molar-refractivity contribution >= 4 is 17.6 Å². The highest BCUT2D eigenvalue weighted by Gasteiger charge is 2.35. The van der Waals surface area contributed by atoms with E-state index < -0.39 is 40.9 Å². The Kier molecular flexibility index (Phi) is 5.02. The summed E-state index contributed by atoms with van der Waals surface area (Å²) in [5, 5.41) is -0.275. The Balaban J connectivity index is 2.74. The van der Waals surface area contributed by atoms with E-state index in [0.717, 1.165) is 26.2 Å². The van der Waals surface area contributed by atoms with E-state index in [2.05, 4.69) is 9.72 Å². The Morgan fingerprint density at radius 2 is 1.92 bits per heavy atom. The van der Waals surface area contributed by atoms with Gasteiger partial charge in [0.05, 0.1) is 17.8 Å². The summed E-state index contributed by atoms with van der Waals surface area (Å²) in [6.07, 6.45) is -4.90. The molecule has 0 saturated carbocycles. The van der Waals surface area contributed by atoms with Gasteiger partial charge in [0.2, 0.25) is 0 Å². The van der Waals surface area contributed by atoms with E-state index in [0.29, 0.717) is 4.57 Å². The molecule has 2 aromatic rings. The number of alkyl halides is 3. The fourth-order valence-corrected chi connectivity index (χ4v) is 2.08. The van der Waals surface area contributed by atoms with Crippen molar-refractivity contribution in [3.05, 3.63) is 45.1 Å². The van der Waals surface area contributed by atoms with Crippen LogP contribution >= 0.6 is 11.6 Å². The number of esters is 1. The zero-order chi connectivity index (χ0) is 18.9. The molecule has 0 saturated heterocycles. The Morgan fingerprint density at radius 3 is 2.44 bits per heavy atom. The number of methoxy groups -OCH3 is 1. The molecule has 1 heterocycles. The van der Waals surface area contributed by atoms with Crippen molar-refractivity contribution in [2.24, 2.45) is 0 Å². The molecule has 0 aliphatic carbocycles. The van der Waals surface area contributed by atoms with E-state index in [4.69, 9.17) is 16.3 Å². The number of rotatable bonds is 3. The number of benzene rings is 1. The van der Waals surface area contributed by atoms with Gasteiger partial charge in [0.15, 0.2) is 11.4 Å². The molecule has 0 aliphatic heterocycles. The maximum atomic E-state index is 14.2. The van der Waals surface area contributed by atoms with Gasteiger partial charge in [-0.15, -0.1) is 0 Å². The summed E-state index contributed by atoms with van der Waals surface area (Å²) in [5.41, 5.74) is -3.31. The highest BCUT2D eigenvalue weighted by Crippen LogP contribution is 2.32. The first-order valence-electron chi connectivity index (χ1n) is 6.47. The van der Waals surface area contributed by atoms with Gasteiger partial charge in [-0.3, -0.25) is 9.59 Å². The van der Waals surface area contributed by atoms with Crippen LogP contribution in [-0.2, 0) is 11.0 Å². The van der Waals surface area contributed by atoms with Crippen LogP contribution in [0.25, 0.3) is 5.69 Å². The lowest BCUT2D eigenvalue weighted by Crippen LogP contribution is -2.25. The van der Waals surface area contributed by atoms with Crippen LogP contribution in [0.5, 0.6) is 11.8 Å². The predicted octanol–water partition coefficient (Wildman–Crippen LogP) is 2.98. The van der Waals surface area contributed by atoms with Gasteiger partial charge in [0, 0.05) is 19.1 Å². The van der Waals surface area contributed by atoms with Gasteiger partial charge >= 0.3 is 18.2 Å². The van der Waals surface area contributed by atoms with Crippen molar-refractivity contribution in [2.75, 3.05) is 7.11 Å².